The number of carbonyl (C=O) groups is 1. The molecule has 19 heavy (non-hydrogen) atoms. The van der Waals surface area contributed by atoms with E-state index in [1.54, 1.807) is 0 Å². The van der Waals surface area contributed by atoms with Crippen LogP contribution in [0.3, 0.4) is 0 Å². The highest BCUT2D eigenvalue weighted by atomic mass is 16.1. The van der Waals surface area contributed by atoms with Crippen molar-refractivity contribution in [3.8, 4) is 0 Å². The monoisotopic (exact) mass is 261 g/mol. The van der Waals surface area contributed by atoms with Gasteiger partial charge in [-0.1, -0.05) is 0 Å². The smallest absolute Gasteiger partial charge is 0.267 e. The lowest BCUT2D eigenvalue weighted by molar-refractivity contribution is 0.0941. The Bertz CT molecular complexity index is 430. The van der Waals surface area contributed by atoms with Gasteiger partial charge in [0.25, 0.3) is 5.91 Å². The summed E-state index contributed by atoms with van der Waals surface area (Å²) in [5.74, 6) is 0.810. The summed E-state index contributed by atoms with van der Waals surface area (Å²) in [6.07, 6.45) is 8.09. The zero-order valence-electron chi connectivity index (χ0n) is 11.4. The van der Waals surface area contributed by atoms with Crippen LogP contribution in [0, 0.1) is 5.92 Å². The zero-order valence-corrected chi connectivity index (χ0v) is 11.4. The Morgan fingerprint density at radius 1 is 1.42 bits per heavy atom. The van der Waals surface area contributed by atoms with E-state index in [4.69, 9.17) is 0 Å². The molecule has 0 radical (unpaired) electrons. The highest BCUT2D eigenvalue weighted by Crippen LogP contribution is 2.35. The number of nitrogens with one attached hydrogen (secondary N) is 2. The topological polar surface area (TPSA) is 46.1 Å². The first-order valence-electron chi connectivity index (χ1n) is 7.50. The van der Waals surface area contributed by atoms with Crippen LogP contribution in [0.15, 0.2) is 18.3 Å². The molecule has 1 aromatic heterocycles. The number of nitrogens with zero attached hydrogens (tertiary/aromatic N) is 1. The van der Waals surface area contributed by atoms with Gasteiger partial charge in [-0.15, -0.1) is 0 Å². The van der Waals surface area contributed by atoms with Crippen LogP contribution in [-0.4, -0.2) is 30.1 Å². The molecule has 1 saturated carbocycles. The minimum atomic E-state index is 0.0840. The molecule has 1 aromatic rings. The van der Waals surface area contributed by atoms with E-state index in [1.807, 2.05) is 18.3 Å². The molecule has 0 bridgehead atoms. The van der Waals surface area contributed by atoms with Crippen molar-refractivity contribution in [2.45, 2.75) is 38.1 Å². The first-order valence-corrected chi connectivity index (χ1v) is 7.50. The molecule has 0 aromatic carbocycles. The van der Waals surface area contributed by atoms with Crippen molar-refractivity contribution in [1.82, 2.24) is 15.2 Å². The van der Waals surface area contributed by atoms with E-state index in [-0.39, 0.29) is 5.91 Å². The summed E-state index contributed by atoms with van der Waals surface area (Å²) in [6.45, 7) is 3.05. The van der Waals surface area contributed by atoms with Gasteiger partial charge in [0, 0.05) is 18.8 Å². The van der Waals surface area contributed by atoms with Crippen LogP contribution >= 0.6 is 0 Å². The highest BCUT2D eigenvalue weighted by Gasteiger charge is 2.26. The number of aromatic nitrogens is 1. The molecule has 1 unspecified atom stereocenters. The van der Waals surface area contributed by atoms with Gasteiger partial charge < -0.3 is 15.2 Å². The molecule has 2 fully saturated rings. The van der Waals surface area contributed by atoms with Crippen molar-refractivity contribution in [3.63, 3.8) is 0 Å². The van der Waals surface area contributed by atoms with E-state index in [0.29, 0.717) is 6.04 Å². The van der Waals surface area contributed by atoms with E-state index >= 15 is 0 Å². The Balaban J connectivity index is 1.46. The molecule has 2 heterocycles. The Morgan fingerprint density at radius 3 is 3.05 bits per heavy atom. The van der Waals surface area contributed by atoms with Gasteiger partial charge in [-0.3, -0.25) is 4.79 Å². The molecular weight excluding hydrogens is 238 g/mol. The first-order chi connectivity index (χ1) is 9.34. The second kappa shape index (κ2) is 5.78. The molecule has 0 spiro atoms. The normalized spacial score (nSPS) is 23.3. The van der Waals surface area contributed by atoms with Gasteiger partial charge >= 0.3 is 0 Å². The number of hydrogen-bond acceptors (Lipinski definition) is 2. The fraction of sp³-hybridized carbons (Fsp3) is 0.667. The van der Waals surface area contributed by atoms with Crippen LogP contribution in [0.5, 0.6) is 0 Å². The Kier molecular flexibility index (Phi) is 3.87. The number of piperidine rings is 1. The Labute approximate surface area is 114 Å². The molecule has 1 atom stereocenters. The lowest BCUT2D eigenvalue weighted by Crippen LogP contribution is -2.33. The molecule has 2 N–H and O–H groups in total. The Morgan fingerprint density at radius 2 is 2.32 bits per heavy atom. The van der Waals surface area contributed by atoms with Crippen molar-refractivity contribution in [1.29, 1.82) is 0 Å². The molecule has 4 heteroatoms. The standard InChI is InChI=1S/C15H23N3O/c19-15(14-4-2-10-18(14)13-5-6-13)17-9-7-12-3-1-8-16-11-12/h2,4,10,12-13,16H,1,3,5-9,11H2,(H,17,19). The summed E-state index contributed by atoms with van der Waals surface area (Å²) in [5, 5.41) is 6.48. The van der Waals surface area contributed by atoms with Crippen LogP contribution in [0.4, 0.5) is 0 Å². The summed E-state index contributed by atoms with van der Waals surface area (Å²) in [7, 11) is 0. The molecule has 3 rings (SSSR count). The van der Waals surface area contributed by atoms with Gasteiger partial charge in [0.05, 0.1) is 0 Å². The van der Waals surface area contributed by atoms with Crippen molar-refractivity contribution >= 4 is 5.91 Å². The van der Waals surface area contributed by atoms with Crippen LogP contribution in [0.1, 0.15) is 48.6 Å². The fourth-order valence-corrected chi connectivity index (χ4v) is 2.91. The third kappa shape index (κ3) is 3.18. The minimum Gasteiger partial charge on any atom is -0.351 e. The lowest BCUT2D eigenvalue weighted by Gasteiger charge is -2.22. The van der Waals surface area contributed by atoms with Gasteiger partial charge in [-0.25, -0.2) is 0 Å². The molecule has 1 aliphatic heterocycles. The average molecular weight is 261 g/mol. The summed E-state index contributed by atoms with van der Waals surface area (Å²) in [5.41, 5.74) is 0.823. The van der Waals surface area contributed by atoms with Gasteiger partial charge in [0.15, 0.2) is 0 Å². The molecule has 4 nitrogen and oxygen atoms in total. The maximum atomic E-state index is 12.2. The minimum absolute atomic E-state index is 0.0840. The van der Waals surface area contributed by atoms with Crippen LogP contribution in [-0.2, 0) is 0 Å². The van der Waals surface area contributed by atoms with Crippen molar-refractivity contribution < 1.29 is 4.79 Å². The first kappa shape index (κ1) is 12.7. The maximum absolute atomic E-state index is 12.2. The van der Waals surface area contributed by atoms with Gasteiger partial charge in [0.1, 0.15) is 5.69 Å². The van der Waals surface area contributed by atoms with E-state index in [0.717, 1.165) is 37.7 Å². The SMILES string of the molecule is O=C(NCCC1CCCNC1)c1cccn1C1CC1. The van der Waals surface area contributed by atoms with E-state index < -0.39 is 0 Å². The van der Waals surface area contributed by atoms with Crippen molar-refractivity contribution in [2.24, 2.45) is 5.92 Å². The van der Waals surface area contributed by atoms with E-state index in [9.17, 15) is 4.79 Å². The number of rotatable bonds is 5. The van der Waals surface area contributed by atoms with Crippen LogP contribution in [0.2, 0.25) is 0 Å². The predicted octanol–water partition coefficient (Wildman–Crippen LogP) is 1.94. The van der Waals surface area contributed by atoms with E-state index in [1.165, 1.54) is 25.7 Å². The summed E-state index contributed by atoms with van der Waals surface area (Å²) in [4.78, 5) is 12.2. The Hall–Kier alpha value is -1.29. The summed E-state index contributed by atoms with van der Waals surface area (Å²) >= 11 is 0. The molecule has 2 aliphatic rings. The molecular formula is C15H23N3O. The second-order valence-corrected chi connectivity index (χ2v) is 5.79. The number of amides is 1. The maximum Gasteiger partial charge on any atom is 0.267 e. The van der Waals surface area contributed by atoms with Gasteiger partial charge in [0.2, 0.25) is 0 Å². The van der Waals surface area contributed by atoms with Gasteiger partial charge in [-0.2, -0.15) is 0 Å². The third-order valence-corrected chi connectivity index (χ3v) is 4.19. The summed E-state index contributed by atoms with van der Waals surface area (Å²) in [6, 6.07) is 4.46. The average Bonchev–Trinajstić information content (AvgIpc) is 3.17. The zero-order chi connectivity index (χ0) is 13.1. The van der Waals surface area contributed by atoms with Crippen molar-refractivity contribution in [3.05, 3.63) is 24.0 Å². The fourth-order valence-electron chi connectivity index (χ4n) is 2.91. The van der Waals surface area contributed by atoms with E-state index in [2.05, 4.69) is 15.2 Å². The number of carbonyl (C=O) groups excluding carboxylic acids is 1. The van der Waals surface area contributed by atoms with Crippen molar-refractivity contribution in [2.75, 3.05) is 19.6 Å². The third-order valence-electron chi connectivity index (χ3n) is 4.19. The predicted molar refractivity (Wildman–Crippen MR) is 75.2 cm³/mol. The molecule has 1 aliphatic carbocycles. The highest BCUT2D eigenvalue weighted by molar-refractivity contribution is 5.92. The molecule has 1 saturated heterocycles. The lowest BCUT2D eigenvalue weighted by atomic mass is 9.96. The second-order valence-electron chi connectivity index (χ2n) is 5.79. The van der Waals surface area contributed by atoms with Crippen LogP contribution < -0.4 is 10.6 Å². The number of hydrogen-bond donors (Lipinski definition) is 2. The largest absolute Gasteiger partial charge is 0.351 e. The molecule has 104 valence electrons. The molecule has 1 amide bonds. The quantitative estimate of drug-likeness (QED) is 0.851. The summed E-state index contributed by atoms with van der Waals surface area (Å²) < 4.78 is 2.12. The van der Waals surface area contributed by atoms with Crippen LogP contribution in [0.25, 0.3) is 0 Å². The van der Waals surface area contributed by atoms with Gasteiger partial charge in [-0.05, 0) is 63.2 Å².